The molecule has 1 aromatic rings. The zero-order valence-corrected chi connectivity index (χ0v) is 12.9. The van der Waals surface area contributed by atoms with Crippen LogP contribution in [-0.4, -0.2) is 56.7 Å². The first-order valence-electron chi connectivity index (χ1n) is 7.22. The maximum atomic E-state index is 10.3. The SMILES string of the molecule is OC1(CNCCOCc2ccc(Cl)cc2)CNCCOC1. The quantitative estimate of drug-likeness (QED) is 0.650. The molecule has 0 radical (unpaired) electrons. The lowest BCUT2D eigenvalue weighted by molar-refractivity contribution is -0.0271. The molecule has 1 heterocycles. The maximum Gasteiger partial charge on any atom is 0.113 e. The predicted molar refractivity (Wildman–Crippen MR) is 82.6 cm³/mol. The van der Waals surface area contributed by atoms with Gasteiger partial charge in [-0.1, -0.05) is 23.7 Å². The van der Waals surface area contributed by atoms with Crippen LogP contribution >= 0.6 is 11.6 Å². The Morgan fingerprint density at radius 3 is 3.00 bits per heavy atom. The van der Waals surface area contributed by atoms with Crippen LogP contribution in [0.15, 0.2) is 24.3 Å². The average molecular weight is 315 g/mol. The molecule has 6 heteroatoms. The van der Waals surface area contributed by atoms with Gasteiger partial charge in [0.2, 0.25) is 0 Å². The molecule has 0 amide bonds. The van der Waals surface area contributed by atoms with Gasteiger partial charge >= 0.3 is 0 Å². The molecule has 1 aromatic carbocycles. The number of β-amino-alcohol motifs (C(OH)–C–C–N with tert-alkyl or cyclic N) is 1. The largest absolute Gasteiger partial charge is 0.385 e. The molecule has 1 fully saturated rings. The van der Waals surface area contributed by atoms with Crippen LogP contribution in [0.2, 0.25) is 5.02 Å². The first kappa shape index (κ1) is 16.7. The van der Waals surface area contributed by atoms with Gasteiger partial charge in [-0.15, -0.1) is 0 Å². The Morgan fingerprint density at radius 2 is 2.19 bits per heavy atom. The molecule has 0 saturated carbocycles. The van der Waals surface area contributed by atoms with Gasteiger partial charge in [-0.25, -0.2) is 0 Å². The highest BCUT2D eigenvalue weighted by Crippen LogP contribution is 2.10. The summed E-state index contributed by atoms with van der Waals surface area (Å²) in [5.41, 5.74) is 0.256. The second-order valence-corrected chi connectivity index (χ2v) is 5.75. The van der Waals surface area contributed by atoms with Crippen LogP contribution in [0.3, 0.4) is 0 Å². The summed E-state index contributed by atoms with van der Waals surface area (Å²) in [7, 11) is 0. The van der Waals surface area contributed by atoms with Gasteiger partial charge in [-0.05, 0) is 17.7 Å². The zero-order chi connectivity index (χ0) is 15.0. The van der Waals surface area contributed by atoms with Gasteiger partial charge in [-0.2, -0.15) is 0 Å². The van der Waals surface area contributed by atoms with E-state index in [0.717, 1.165) is 17.1 Å². The molecule has 3 N–H and O–H groups in total. The molecule has 21 heavy (non-hydrogen) atoms. The molecule has 0 aliphatic carbocycles. The Balaban J connectivity index is 1.56. The number of hydrogen-bond donors (Lipinski definition) is 3. The monoisotopic (exact) mass is 314 g/mol. The first-order valence-corrected chi connectivity index (χ1v) is 7.60. The third kappa shape index (κ3) is 6.30. The number of benzene rings is 1. The third-order valence-corrected chi connectivity index (χ3v) is 3.56. The smallest absolute Gasteiger partial charge is 0.113 e. The van der Waals surface area contributed by atoms with Gasteiger partial charge in [0, 0.05) is 31.2 Å². The third-order valence-electron chi connectivity index (χ3n) is 3.31. The van der Waals surface area contributed by atoms with E-state index < -0.39 is 5.60 Å². The van der Waals surface area contributed by atoms with Gasteiger partial charge in [0.15, 0.2) is 0 Å². The minimum Gasteiger partial charge on any atom is -0.385 e. The van der Waals surface area contributed by atoms with Crippen molar-refractivity contribution >= 4 is 11.6 Å². The van der Waals surface area contributed by atoms with Crippen LogP contribution in [-0.2, 0) is 16.1 Å². The van der Waals surface area contributed by atoms with E-state index in [2.05, 4.69) is 10.6 Å². The van der Waals surface area contributed by atoms with Crippen molar-refractivity contribution in [3.05, 3.63) is 34.9 Å². The van der Waals surface area contributed by atoms with Gasteiger partial charge in [0.1, 0.15) is 5.60 Å². The fourth-order valence-corrected chi connectivity index (χ4v) is 2.25. The molecule has 0 spiro atoms. The Labute approximate surface area is 130 Å². The number of halogens is 1. The molecular weight excluding hydrogens is 292 g/mol. The van der Waals surface area contributed by atoms with Crippen LogP contribution in [0.4, 0.5) is 0 Å². The average Bonchev–Trinajstić information content (AvgIpc) is 2.70. The molecule has 5 nitrogen and oxygen atoms in total. The summed E-state index contributed by atoms with van der Waals surface area (Å²) >= 11 is 5.82. The summed E-state index contributed by atoms with van der Waals surface area (Å²) in [4.78, 5) is 0. The Bertz CT molecular complexity index is 406. The Morgan fingerprint density at radius 1 is 1.38 bits per heavy atom. The van der Waals surface area contributed by atoms with E-state index in [4.69, 9.17) is 21.1 Å². The summed E-state index contributed by atoms with van der Waals surface area (Å²) in [6.07, 6.45) is 0. The van der Waals surface area contributed by atoms with Crippen LogP contribution in [0.1, 0.15) is 5.56 Å². The molecule has 118 valence electrons. The van der Waals surface area contributed by atoms with E-state index in [1.165, 1.54) is 0 Å². The second-order valence-electron chi connectivity index (χ2n) is 5.31. The summed E-state index contributed by atoms with van der Waals surface area (Å²) in [5.74, 6) is 0. The fraction of sp³-hybridized carbons (Fsp3) is 0.600. The molecule has 1 aliphatic rings. The minimum absolute atomic E-state index is 0.360. The topological polar surface area (TPSA) is 62.8 Å². The molecular formula is C15H23ClN2O3. The van der Waals surface area contributed by atoms with Crippen molar-refractivity contribution in [2.45, 2.75) is 12.2 Å². The van der Waals surface area contributed by atoms with Crippen LogP contribution in [0.5, 0.6) is 0 Å². The van der Waals surface area contributed by atoms with Crippen molar-refractivity contribution in [2.24, 2.45) is 0 Å². The minimum atomic E-state index is -0.841. The molecule has 0 aromatic heterocycles. The van der Waals surface area contributed by atoms with E-state index in [9.17, 15) is 5.11 Å². The summed E-state index contributed by atoms with van der Waals surface area (Å²) in [6, 6.07) is 7.61. The predicted octanol–water partition coefficient (Wildman–Crippen LogP) is 0.797. The van der Waals surface area contributed by atoms with Crippen LogP contribution in [0, 0.1) is 0 Å². The fourth-order valence-electron chi connectivity index (χ4n) is 2.13. The summed E-state index contributed by atoms with van der Waals surface area (Å²) in [6.45, 7) is 4.67. The van der Waals surface area contributed by atoms with Crippen molar-refractivity contribution in [1.82, 2.24) is 10.6 Å². The highest BCUT2D eigenvalue weighted by molar-refractivity contribution is 6.30. The van der Waals surface area contributed by atoms with E-state index in [1.807, 2.05) is 24.3 Å². The maximum absolute atomic E-state index is 10.3. The molecule has 1 aliphatic heterocycles. The number of hydrogen-bond acceptors (Lipinski definition) is 5. The van der Waals surface area contributed by atoms with Gasteiger partial charge in [-0.3, -0.25) is 0 Å². The lowest BCUT2D eigenvalue weighted by atomic mass is 10.1. The summed E-state index contributed by atoms with van der Waals surface area (Å²) in [5, 5.41) is 17.4. The first-order chi connectivity index (χ1) is 10.2. The lowest BCUT2D eigenvalue weighted by Gasteiger charge is -2.26. The highest BCUT2D eigenvalue weighted by Gasteiger charge is 2.28. The van der Waals surface area contributed by atoms with E-state index in [0.29, 0.717) is 46.1 Å². The zero-order valence-electron chi connectivity index (χ0n) is 12.1. The van der Waals surface area contributed by atoms with Crippen molar-refractivity contribution < 1.29 is 14.6 Å². The van der Waals surface area contributed by atoms with E-state index in [1.54, 1.807) is 0 Å². The van der Waals surface area contributed by atoms with Crippen molar-refractivity contribution in [1.29, 1.82) is 0 Å². The summed E-state index contributed by atoms with van der Waals surface area (Å²) < 4.78 is 10.9. The van der Waals surface area contributed by atoms with Crippen LogP contribution < -0.4 is 10.6 Å². The standard InChI is InChI=1S/C15H23ClN2O3/c16-14-3-1-13(2-4-14)9-20-7-5-17-10-15(19)11-18-6-8-21-12-15/h1-4,17-19H,5-12H2. The molecule has 0 bridgehead atoms. The molecule has 1 unspecified atom stereocenters. The number of rotatable bonds is 7. The number of nitrogens with one attached hydrogen (secondary N) is 2. The van der Waals surface area contributed by atoms with Crippen molar-refractivity contribution in [3.8, 4) is 0 Å². The number of ether oxygens (including phenoxy) is 2. The Hall–Kier alpha value is -0.690. The molecule has 2 rings (SSSR count). The van der Waals surface area contributed by atoms with Gasteiger partial charge < -0.3 is 25.2 Å². The van der Waals surface area contributed by atoms with E-state index >= 15 is 0 Å². The van der Waals surface area contributed by atoms with Crippen molar-refractivity contribution in [2.75, 3.05) is 46.0 Å². The second kappa shape index (κ2) is 8.68. The highest BCUT2D eigenvalue weighted by atomic mass is 35.5. The molecule has 1 atom stereocenters. The van der Waals surface area contributed by atoms with Crippen molar-refractivity contribution in [3.63, 3.8) is 0 Å². The normalized spacial score (nSPS) is 23.0. The number of aliphatic hydroxyl groups is 1. The van der Waals surface area contributed by atoms with Gasteiger partial charge in [0.05, 0.1) is 26.4 Å². The van der Waals surface area contributed by atoms with E-state index in [-0.39, 0.29) is 0 Å². The Kier molecular flexibility index (Phi) is 6.89. The molecule has 1 saturated heterocycles. The van der Waals surface area contributed by atoms with Crippen LogP contribution in [0.25, 0.3) is 0 Å². The lowest BCUT2D eigenvalue weighted by Crippen LogP contribution is -2.50. The van der Waals surface area contributed by atoms with Gasteiger partial charge in [0.25, 0.3) is 0 Å².